The van der Waals surface area contributed by atoms with E-state index >= 15 is 0 Å². The van der Waals surface area contributed by atoms with Crippen molar-refractivity contribution >= 4 is 28.1 Å². The van der Waals surface area contributed by atoms with Crippen molar-refractivity contribution in [1.82, 2.24) is 0 Å². The maximum absolute atomic E-state index is 3.67. The molecule has 0 amide bonds. The fourth-order valence-electron chi connectivity index (χ4n) is 1.45. The van der Waals surface area contributed by atoms with Gasteiger partial charge >= 0.3 is 0 Å². The molecule has 0 aliphatic carbocycles. The summed E-state index contributed by atoms with van der Waals surface area (Å²) in [5.74, 6) is 0. The van der Waals surface area contributed by atoms with Gasteiger partial charge in [0.15, 0.2) is 0 Å². The molecule has 0 unspecified atom stereocenters. The van der Waals surface area contributed by atoms with Crippen LogP contribution in [0, 0.1) is 6.92 Å². The Hall–Kier alpha value is -1.60. The van der Waals surface area contributed by atoms with Crippen LogP contribution < -0.4 is 0 Å². The minimum Gasteiger partial charge on any atom is -0.0985 e. The summed E-state index contributed by atoms with van der Waals surface area (Å²) in [6.07, 6.45) is 3.69. The van der Waals surface area contributed by atoms with Crippen molar-refractivity contribution in [3.05, 3.63) is 83.9 Å². The van der Waals surface area contributed by atoms with Crippen LogP contribution in [0.1, 0.15) is 22.3 Å². The molecule has 0 aliphatic rings. The number of hydrogen-bond donors (Lipinski definition) is 0. The van der Waals surface area contributed by atoms with E-state index in [1.807, 2.05) is 12.2 Å². The standard InChI is InChI=1S/C9H9Br.C9H10/c1-2-8-3-5-9(7-10)6-4-8;1-3-9-6-4-8(2)5-7-9/h2-6H,1,7H2;3-7H,1H2,2H3. The molecule has 0 saturated carbocycles. The zero-order chi connectivity index (χ0) is 14.1. The second kappa shape index (κ2) is 8.49. The third-order valence-corrected chi connectivity index (χ3v) is 3.33. The van der Waals surface area contributed by atoms with Gasteiger partial charge in [-0.1, -0.05) is 95.3 Å². The predicted molar refractivity (Wildman–Crippen MR) is 90.4 cm³/mol. The predicted octanol–water partition coefficient (Wildman–Crippen LogP) is 5.86. The third kappa shape index (κ3) is 5.71. The first-order valence-corrected chi connectivity index (χ1v) is 7.28. The lowest BCUT2D eigenvalue weighted by atomic mass is 10.2. The monoisotopic (exact) mass is 314 g/mol. The van der Waals surface area contributed by atoms with E-state index in [1.165, 1.54) is 22.3 Å². The van der Waals surface area contributed by atoms with E-state index in [-0.39, 0.29) is 0 Å². The van der Waals surface area contributed by atoms with Crippen LogP contribution in [0.4, 0.5) is 0 Å². The van der Waals surface area contributed by atoms with Crippen molar-refractivity contribution < 1.29 is 0 Å². The van der Waals surface area contributed by atoms with Gasteiger partial charge < -0.3 is 0 Å². The van der Waals surface area contributed by atoms with Crippen molar-refractivity contribution in [1.29, 1.82) is 0 Å². The Labute approximate surface area is 124 Å². The number of hydrogen-bond acceptors (Lipinski definition) is 0. The van der Waals surface area contributed by atoms with E-state index in [1.54, 1.807) is 0 Å². The summed E-state index contributed by atoms with van der Waals surface area (Å²) in [7, 11) is 0. The summed E-state index contributed by atoms with van der Waals surface area (Å²) < 4.78 is 0. The van der Waals surface area contributed by atoms with Crippen molar-refractivity contribution in [3.8, 4) is 0 Å². The highest BCUT2D eigenvalue weighted by Crippen LogP contribution is 2.08. The largest absolute Gasteiger partial charge is 0.0985 e. The van der Waals surface area contributed by atoms with Gasteiger partial charge in [-0.2, -0.15) is 0 Å². The van der Waals surface area contributed by atoms with Gasteiger partial charge in [0.2, 0.25) is 0 Å². The maximum Gasteiger partial charge on any atom is 0.0283 e. The van der Waals surface area contributed by atoms with E-state index in [0.717, 1.165) is 5.33 Å². The minimum atomic E-state index is 0.921. The van der Waals surface area contributed by atoms with Gasteiger partial charge in [0.1, 0.15) is 0 Å². The molecule has 0 atom stereocenters. The van der Waals surface area contributed by atoms with Gasteiger partial charge in [-0.3, -0.25) is 0 Å². The average Bonchev–Trinajstić information content (AvgIpc) is 2.49. The van der Waals surface area contributed by atoms with Crippen LogP contribution in [-0.4, -0.2) is 0 Å². The van der Waals surface area contributed by atoms with Crippen molar-refractivity contribution in [2.75, 3.05) is 0 Å². The summed E-state index contributed by atoms with van der Waals surface area (Å²) in [6, 6.07) is 16.6. The van der Waals surface area contributed by atoms with E-state index in [4.69, 9.17) is 0 Å². The van der Waals surface area contributed by atoms with Crippen LogP contribution in [0.15, 0.2) is 61.7 Å². The zero-order valence-electron chi connectivity index (χ0n) is 11.3. The van der Waals surface area contributed by atoms with Gasteiger partial charge in [0.25, 0.3) is 0 Å². The smallest absolute Gasteiger partial charge is 0.0283 e. The molecule has 0 N–H and O–H groups in total. The normalized spacial score (nSPS) is 9.16. The fraction of sp³-hybridized carbons (Fsp3) is 0.111. The number of aryl methyl sites for hydroxylation is 1. The molecule has 0 saturated heterocycles. The highest BCUT2D eigenvalue weighted by atomic mass is 79.9. The van der Waals surface area contributed by atoms with Crippen LogP contribution in [-0.2, 0) is 5.33 Å². The van der Waals surface area contributed by atoms with Crippen LogP contribution >= 0.6 is 15.9 Å². The quantitative estimate of drug-likeness (QED) is 0.622. The topological polar surface area (TPSA) is 0 Å². The fourth-order valence-corrected chi connectivity index (χ4v) is 1.82. The molecule has 0 bridgehead atoms. The highest BCUT2D eigenvalue weighted by Gasteiger charge is 1.87. The Morgan fingerprint density at radius 3 is 1.63 bits per heavy atom. The lowest BCUT2D eigenvalue weighted by molar-refractivity contribution is 1.43. The Bertz CT molecular complexity index is 506. The van der Waals surface area contributed by atoms with E-state index in [9.17, 15) is 0 Å². The molecule has 19 heavy (non-hydrogen) atoms. The summed E-state index contributed by atoms with van der Waals surface area (Å²) >= 11 is 3.38. The zero-order valence-corrected chi connectivity index (χ0v) is 12.9. The molecule has 2 rings (SSSR count). The second-order valence-electron chi connectivity index (χ2n) is 4.19. The highest BCUT2D eigenvalue weighted by molar-refractivity contribution is 9.08. The average molecular weight is 315 g/mol. The summed E-state index contributed by atoms with van der Waals surface area (Å²) in [4.78, 5) is 0. The van der Waals surface area contributed by atoms with Crippen molar-refractivity contribution in [2.45, 2.75) is 12.3 Å². The van der Waals surface area contributed by atoms with Crippen LogP contribution in [0.25, 0.3) is 12.2 Å². The van der Waals surface area contributed by atoms with Gasteiger partial charge in [0, 0.05) is 5.33 Å². The van der Waals surface area contributed by atoms with Gasteiger partial charge in [0.05, 0.1) is 0 Å². The molecule has 0 aliphatic heterocycles. The Kier molecular flexibility index (Phi) is 6.91. The first kappa shape index (κ1) is 15.5. The number of halogens is 1. The van der Waals surface area contributed by atoms with Crippen molar-refractivity contribution in [2.24, 2.45) is 0 Å². The number of alkyl halides is 1. The lowest BCUT2D eigenvalue weighted by Crippen LogP contribution is -1.75. The first-order valence-electron chi connectivity index (χ1n) is 6.16. The Morgan fingerprint density at radius 2 is 1.26 bits per heavy atom. The van der Waals surface area contributed by atoms with E-state index < -0.39 is 0 Å². The summed E-state index contributed by atoms with van der Waals surface area (Å²) in [5, 5.41) is 0.921. The van der Waals surface area contributed by atoms with E-state index in [0.29, 0.717) is 0 Å². The molecule has 2 aromatic rings. The SMILES string of the molecule is C=Cc1ccc(C)cc1.C=Cc1ccc(CBr)cc1. The van der Waals surface area contributed by atoms with Crippen molar-refractivity contribution in [3.63, 3.8) is 0 Å². The molecule has 0 spiro atoms. The lowest BCUT2D eigenvalue weighted by Gasteiger charge is -1.94. The number of rotatable bonds is 3. The molecule has 0 radical (unpaired) electrons. The molecule has 0 fully saturated rings. The molecule has 0 heterocycles. The molecule has 98 valence electrons. The van der Waals surface area contributed by atoms with Crippen LogP contribution in [0.2, 0.25) is 0 Å². The Morgan fingerprint density at radius 1 is 0.842 bits per heavy atom. The minimum absolute atomic E-state index is 0.921. The number of benzene rings is 2. The van der Waals surface area contributed by atoms with Crippen LogP contribution in [0.5, 0.6) is 0 Å². The third-order valence-electron chi connectivity index (χ3n) is 2.68. The van der Waals surface area contributed by atoms with Gasteiger partial charge in [-0.05, 0) is 23.6 Å². The van der Waals surface area contributed by atoms with E-state index in [2.05, 4.69) is 84.5 Å². The second-order valence-corrected chi connectivity index (χ2v) is 4.75. The molecule has 1 heteroatoms. The van der Waals surface area contributed by atoms with Gasteiger partial charge in [-0.25, -0.2) is 0 Å². The summed E-state index contributed by atoms with van der Waals surface area (Å²) in [6.45, 7) is 9.41. The Balaban J connectivity index is 0.000000191. The molecule has 0 aromatic heterocycles. The molecule has 0 nitrogen and oxygen atoms in total. The summed E-state index contributed by atoms with van der Waals surface area (Å²) in [5.41, 5.74) is 4.94. The first-order chi connectivity index (χ1) is 9.19. The molecular weight excluding hydrogens is 296 g/mol. The maximum atomic E-state index is 3.67. The molecule has 2 aromatic carbocycles. The molecular formula is C18H19Br. The van der Waals surface area contributed by atoms with Gasteiger partial charge in [-0.15, -0.1) is 0 Å². The van der Waals surface area contributed by atoms with Crippen LogP contribution in [0.3, 0.4) is 0 Å².